The minimum Gasteiger partial charge on any atom is -0.460 e. The van der Waals surface area contributed by atoms with Crippen LogP contribution in [0.2, 0.25) is 0 Å². The van der Waals surface area contributed by atoms with Crippen LogP contribution in [0.15, 0.2) is 87.4 Å². The van der Waals surface area contributed by atoms with Gasteiger partial charge in [0.05, 0.1) is 0 Å². The van der Waals surface area contributed by atoms with E-state index in [9.17, 15) is 0 Å². The van der Waals surface area contributed by atoms with Crippen LogP contribution in [-0.2, 0) is 0 Å². The van der Waals surface area contributed by atoms with Crippen LogP contribution in [-0.4, -0.2) is 11.4 Å². The van der Waals surface area contributed by atoms with E-state index in [2.05, 4.69) is 10.2 Å². The van der Waals surface area contributed by atoms with E-state index in [1.165, 1.54) is 0 Å². The molecule has 0 fully saturated rings. The normalized spacial score (nSPS) is 11.3. The molecule has 3 rings (SSSR count). The topological polar surface area (TPSA) is 37.9 Å². The monoisotopic (exact) mass is 302 g/mol. The first-order valence-corrected chi connectivity index (χ1v) is 7.54. The molecule has 0 atom stereocenters. The quantitative estimate of drug-likeness (QED) is 0.501. The van der Waals surface area contributed by atoms with Crippen molar-refractivity contribution in [2.75, 3.05) is 0 Å². The Hall–Kier alpha value is -2.94. The first-order valence-electron chi connectivity index (χ1n) is 7.54. The number of rotatable bonds is 4. The van der Waals surface area contributed by atoms with E-state index in [0.29, 0.717) is 0 Å². The lowest BCUT2D eigenvalue weighted by Gasteiger charge is -2.05. The van der Waals surface area contributed by atoms with Crippen LogP contribution in [0, 0.1) is 6.92 Å². The van der Waals surface area contributed by atoms with Gasteiger partial charge in [-0.15, -0.1) is 5.10 Å². The van der Waals surface area contributed by atoms with Crippen molar-refractivity contribution in [2.45, 2.75) is 13.8 Å². The second-order valence-corrected chi connectivity index (χ2v) is 5.28. The van der Waals surface area contributed by atoms with Crippen molar-refractivity contribution in [3.63, 3.8) is 0 Å². The largest absolute Gasteiger partial charge is 0.460 e. The standard InChI is InChI=1S/C20H18N2O/c1-15-13-14-19(23-15)16(2)21-22-20(17-9-5-3-6-10-17)18-11-7-4-8-12-18/h3-14H,1-2H3/b21-16-. The van der Waals surface area contributed by atoms with Crippen LogP contribution in [0.25, 0.3) is 0 Å². The number of hydrogen-bond donors (Lipinski definition) is 0. The third-order valence-corrected chi connectivity index (χ3v) is 3.49. The lowest BCUT2D eigenvalue weighted by atomic mass is 10.0. The van der Waals surface area contributed by atoms with Crippen LogP contribution in [0.1, 0.15) is 29.6 Å². The van der Waals surface area contributed by atoms with Gasteiger partial charge in [0, 0.05) is 11.1 Å². The maximum Gasteiger partial charge on any atom is 0.150 e. The molecule has 0 aliphatic heterocycles. The van der Waals surface area contributed by atoms with Crippen molar-refractivity contribution in [3.05, 3.63) is 95.4 Å². The van der Waals surface area contributed by atoms with Crippen LogP contribution >= 0.6 is 0 Å². The van der Waals surface area contributed by atoms with E-state index in [4.69, 9.17) is 4.42 Å². The molecule has 23 heavy (non-hydrogen) atoms. The third-order valence-electron chi connectivity index (χ3n) is 3.49. The first kappa shape index (κ1) is 15.0. The van der Waals surface area contributed by atoms with Crippen molar-refractivity contribution >= 4 is 11.4 Å². The summed E-state index contributed by atoms with van der Waals surface area (Å²) in [5.41, 5.74) is 3.66. The number of benzene rings is 2. The van der Waals surface area contributed by atoms with Gasteiger partial charge in [0.1, 0.15) is 22.9 Å². The lowest BCUT2D eigenvalue weighted by molar-refractivity contribution is 0.525. The zero-order chi connectivity index (χ0) is 16.1. The number of furan rings is 1. The zero-order valence-electron chi connectivity index (χ0n) is 13.2. The molecule has 2 aromatic carbocycles. The van der Waals surface area contributed by atoms with E-state index >= 15 is 0 Å². The van der Waals surface area contributed by atoms with Crippen molar-refractivity contribution in [1.29, 1.82) is 0 Å². The maximum atomic E-state index is 5.59. The number of aryl methyl sites for hydroxylation is 1. The second-order valence-electron chi connectivity index (χ2n) is 5.28. The van der Waals surface area contributed by atoms with Crippen LogP contribution in [0.5, 0.6) is 0 Å². The predicted octanol–water partition coefficient (Wildman–Crippen LogP) is 4.85. The highest BCUT2D eigenvalue weighted by Crippen LogP contribution is 2.12. The van der Waals surface area contributed by atoms with Crippen molar-refractivity contribution in [2.24, 2.45) is 10.2 Å². The molecule has 0 aliphatic rings. The Morgan fingerprint density at radius 3 is 1.78 bits per heavy atom. The fourth-order valence-electron chi connectivity index (χ4n) is 2.28. The highest BCUT2D eigenvalue weighted by atomic mass is 16.3. The van der Waals surface area contributed by atoms with Gasteiger partial charge in [-0.3, -0.25) is 0 Å². The molecule has 0 spiro atoms. The average molecular weight is 302 g/mol. The number of nitrogens with zero attached hydrogens (tertiary/aromatic N) is 2. The minimum atomic E-state index is 0.742. The van der Waals surface area contributed by atoms with Crippen LogP contribution < -0.4 is 0 Å². The molecular formula is C20H18N2O. The summed E-state index contributed by atoms with van der Waals surface area (Å²) in [6.07, 6.45) is 0. The SMILES string of the molecule is C/C(=N/N=C(c1ccccc1)c1ccccc1)c1ccc(C)o1. The molecule has 3 heteroatoms. The fraction of sp³-hybridized carbons (Fsp3) is 0.100. The molecule has 0 unspecified atom stereocenters. The van der Waals surface area contributed by atoms with E-state index < -0.39 is 0 Å². The molecular weight excluding hydrogens is 284 g/mol. The fourth-order valence-corrected chi connectivity index (χ4v) is 2.28. The Bertz CT molecular complexity index is 789. The Labute approximate surface area is 136 Å². The first-order chi connectivity index (χ1) is 11.2. The van der Waals surface area contributed by atoms with Crippen molar-refractivity contribution in [3.8, 4) is 0 Å². The Morgan fingerprint density at radius 1 is 0.739 bits per heavy atom. The van der Waals surface area contributed by atoms with Crippen LogP contribution in [0.4, 0.5) is 0 Å². The second kappa shape index (κ2) is 6.88. The van der Waals surface area contributed by atoms with Gasteiger partial charge in [-0.25, -0.2) is 0 Å². The van der Waals surface area contributed by atoms with Gasteiger partial charge in [0.2, 0.25) is 0 Å². The van der Waals surface area contributed by atoms with Gasteiger partial charge in [0.25, 0.3) is 0 Å². The molecule has 0 aliphatic carbocycles. The molecule has 0 radical (unpaired) electrons. The van der Waals surface area contributed by atoms with E-state index in [1.807, 2.05) is 86.6 Å². The summed E-state index contributed by atoms with van der Waals surface area (Å²) in [5.74, 6) is 1.61. The third kappa shape index (κ3) is 3.64. The summed E-state index contributed by atoms with van der Waals surface area (Å²) in [4.78, 5) is 0. The van der Waals surface area contributed by atoms with Crippen molar-refractivity contribution in [1.82, 2.24) is 0 Å². The van der Waals surface area contributed by atoms with E-state index in [0.717, 1.165) is 34.1 Å². The molecule has 0 amide bonds. The van der Waals surface area contributed by atoms with Gasteiger partial charge in [-0.05, 0) is 26.0 Å². The molecule has 3 aromatic rings. The summed E-state index contributed by atoms with van der Waals surface area (Å²) in [6, 6.07) is 24.0. The van der Waals surface area contributed by atoms with Gasteiger partial charge in [-0.1, -0.05) is 60.7 Å². The van der Waals surface area contributed by atoms with Gasteiger partial charge < -0.3 is 4.42 Å². The Kier molecular flexibility index (Phi) is 4.48. The lowest BCUT2D eigenvalue weighted by Crippen LogP contribution is -2.03. The minimum absolute atomic E-state index is 0.742. The molecule has 114 valence electrons. The van der Waals surface area contributed by atoms with E-state index in [-0.39, 0.29) is 0 Å². The van der Waals surface area contributed by atoms with Gasteiger partial charge in [-0.2, -0.15) is 5.10 Å². The van der Waals surface area contributed by atoms with Crippen LogP contribution in [0.3, 0.4) is 0 Å². The summed E-state index contributed by atoms with van der Waals surface area (Å²) in [7, 11) is 0. The predicted molar refractivity (Wildman–Crippen MR) is 94.2 cm³/mol. The summed E-state index contributed by atoms with van der Waals surface area (Å²) >= 11 is 0. The van der Waals surface area contributed by atoms with Crippen molar-refractivity contribution < 1.29 is 4.42 Å². The Balaban J connectivity index is 2.02. The molecule has 0 saturated carbocycles. The van der Waals surface area contributed by atoms with E-state index in [1.54, 1.807) is 0 Å². The molecule has 0 saturated heterocycles. The Morgan fingerprint density at radius 2 is 1.30 bits per heavy atom. The average Bonchev–Trinajstić information content (AvgIpc) is 3.03. The molecule has 1 aromatic heterocycles. The summed E-state index contributed by atoms with van der Waals surface area (Å²) < 4.78 is 5.59. The number of hydrogen-bond acceptors (Lipinski definition) is 3. The molecule has 1 heterocycles. The van der Waals surface area contributed by atoms with Gasteiger partial charge in [0.15, 0.2) is 0 Å². The highest BCUT2D eigenvalue weighted by molar-refractivity contribution is 6.13. The summed E-state index contributed by atoms with van der Waals surface area (Å²) in [5, 5.41) is 8.87. The maximum absolute atomic E-state index is 5.59. The van der Waals surface area contributed by atoms with Gasteiger partial charge >= 0.3 is 0 Å². The summed E-state index contributed by atoms with van der Waals surface area (Å²) in [6.45, 7) is 3.81. The molecule has 0 bridgehead atoms. The zero-order valence-corrected chi connectivity index (χ0v) is 13.2. The highest BCUT2D eigenvalue weighted by Gasteiger charge is 2.07. The molecule has 3 nitrogen and oxygen atoms in total. The smallest absolute Gasteiger partial charge is 0.150 e. The molecule has 0 N–H and O–H groups in total.